The molecule has 1 fully saturated rings. The maximum absolute atomic E-state index is 6.79. The Balaban J connectivity index is 2.03. The Bertz CT molecular complexity index is 852. The maximum atomic E-state index is 6.79. The summed E-state index contributed by atoms with van der Waals surface area (Å²) in [4.78, 5) is 6.79. The molecule has 1 aliphatic carbocycles. The summed E-state index contributed by atoms with van der Waals surface area (Å²) in [5, 5.41) is 2.24. The van der Waals surface area contributed by atoms with Crippen molar-refractivity contribution in [3.05, 3.63) is 59.2 Å². The largest absolute Gasteiger partial charge is 0.467 e. The Labute approximate surface area is 207 Å². The predicted octanol–water partition coefficient (Wildman–Crippen LogP) is 7.78. The van der Waals surface area contributed by atoms with Crippen LogP contribution in [-0.4, -0.2) is 25.0 Å². The van der Waals surface area contributed by atoms with Gasteiger partial charge in [0.05, 0.1) is 6.54 Å². The molecule has 1 saturated carbocycles. The van der Waals surface area contributed by atoms with Crippen LogP contribution < -0.4 is 9.57 Å². The summed E-state index contributed by atoms with van der Waals surface area (Å²) in [5.74, 6) is 1.80. The molecule has 0 saturated heterocycles. The Kier molecular flexibility index (Phi) is 9.06. The monoisotopic (exact) mass is 467 g/mol. The van der Waals surface area contributed by atoms with Crippen molar-refractivity contribution in [2.75, 3.05) is 13.9 Å². The third-order valence-corrected chi connectivity index (χ3v) is 6.64. The van der Waals surface area contributed by atoms with Gasteiger partial charge >= 0.3 is 0 Å². The molecule has 0 aromatic heterocycles. The Morgan fingerprint density at radius 2 is 1.38 bits per heavy atom. The third-order valence-electron chi connectivity index (χ3n) is 6.64. The van der Waals surface area contributed by atoms with Gasteiger partial charge in [-0.1, -0.05) is 97.6 Å². The fourth-order valence-corrected chi connectivity index (χ4v) is 4.72. The molecule has 4 heteroatoms. The average Bonchev–Trinajstić information content (AvgIpc) is 3.06. The molecule has 2 aromatic rings. The minimum Gasteiger partial charge on any atom is -0.467 e. The van der Waals surface area contributed by atoms with Gasteiger partial charge < -0.3 is 14.3 Å². The van der Waals surface area contributed by atoms with Gasteiger partial charge in [0.1, 0.15) is 11.5 Å². The molecule has 0 aliphatic heterocycles. The van der Waals surface area contributed by atoms with E-state index in [9.17, 15) is 0 Å². The van der Waals surface area contributed by atoms with Crippen molar-refractivity contribution in [2.45, 2.75) is 103 Å². The fraction of sp³-hybridized carbons (Fsp3) is 0.600. The molecular weight excluding hydrogens is 422 g/mol. The van der Waals surface area contributed by atoms with Crippen molar-refractivity contribution >= 4 is 0 Å². The summed E-state index contributed by atoms with van der Waals surface area (Å²) in [7, 11) is 1.67. The van der Waals surface area contributed by atoms with Crippen LogP contribution in [0.4, 0.5) is 0 Å². The van der Waals surface area contributed by atoms with E-state index in [0.29, 0.717) is 6.04 Å². The van der Waals surface area contributed by atoms with Crippen LogP contribution in [0.15, 0.2) is 42.5 Å². The van der Waals surface area contributed by atoms with Gasteiger partial charge in [-0.2, -0.15) is 0 Å². The fourth-order valence-electron chi connectivity index (χ4n) is 4.72. The SMILES string of the molecule is COCOc1c(C(C)(C)C)cc(ON(Cc2ccccc2)C2CCCCCC2)cc1C(C)(C)C. The number of hydrogen-bond acceptors (Lipinski definition) is 4. The average molecular weight is 468 g/mol. The first-order chi connectivity index (χ1) is 16.1. The van der Waals surface area contributed by atoms with E-state index in [4.69, 9.17) is 14.3 Å². The normalized spacial score (nSPS) is 15.9. The van der Waals surface area contributed by atoms with Gasteiger partial charge in [0.15, 0.2) is 6.79 Å². The topological polar surface area (TPSA) is 30.9 Å². The molecule has 0 spiro atoms. The molecule has 0 bridgehead atoms. The van der Waals surface area contributed by atoms with Gasteiger partial charge in [-0.15, -0.1) is 5.06 Å². The Morgan fingerprint density at radius 1 is 0.824 bits per heavy atom. The molecule has 188 valence electrons. The van der Waals surface area contributed by atoms with E-state index in [0.717, 1.165) is 29.2 Å². The van der Waals surface area contributed by atoms with E-state index in [1.54, 1.807) is 7.11 Å². The van der Waals surface area contributed by atoms with E-state index in [1.807, 2.05) is 0 Å². The van der Waals surface area contributed by atoms with Crippen molar-refractivity contribution in [3.8, 4) is 11.5 Å². The van der Waals surface area contributed by atoms with Gasteiger partial charge in [0, 0.05) is 24.3 Å². The van der Waals surface area contributed by atoms with Crippen molar-refractivity contribution in [1.29, 1.82) is 0 Å². The molecule has 4 nitrogen and oxygen atoms in total. The van der Waals surface area contributed by atoms with E-state index < -0.39 is 0 Å². The number of nitrogens with zero attached hydrogens (tertiary/aromatic N) is 1. The number of hydroxylamine groups is 2. The third kappa shape index (κ3) is 7.23. The molecule has 0 heterocycles. The zero-order valence-corrected chi connectivity index (χ0v) is 22.4. The van der Waals surface area contributed by atoms with Crippen LogP contribution in [0.1, 0.15) is 96.8 Å². The van der Waals surface area contributed by atoms with Crippen LogP contribution >= 0.6 is 0 Å². The number of benzene rings is 2. The van der Waals surface area contributed by atoms with Gasteiger partial charge in [-0.05, 0) is 41.4 Å². The summed E-state index contributed by atoms with van der Waals surface area (Å²) in [6.07, 6.45) is 7.54. The summed E-state index contributed by atoms with van der Waals surface area (Å²) in [6.45, 7) is 14.4. The zero-order valence-electron chi connectivity index (χ0n) is 22.4. The van der Waals surface area contributed by atoms with Crippen molar-refractivity contribution in [1.82, 2.24) is 5.06 Å². The smallest absolute Gasteiger partial charge is 0.188 e. The van der Waals surface area contributed by atoms with Crippen LogP contribution in [0.2, 0.25) is 0 Å². The van der Waals surface area contributed by atoms with Crippen LogP contribution in [0.3, 0.4) is 0 Å². The first kappa shape index (κ1) is 26.6. The van der Waals surface area contributed by atoms with E-state index in [-0.39, 0.29) is 17.6 Å². The van der Waals surface area contributed by atoms with Gasteiger partial charge in [-0.25, -0.2) is 0 Å². The van der Waals surface area contributed by atoms with E-state index >= 15 is 0 Å². The van der Waals surface area contributed by atoms with Gasteiger partial charge in [-0.3, -0.25) is 0 Å². The van der Waals surface area contributed by atoms with Crippen LogP contribution in [0.5, 0.6) is 11.5 Å². The lowest BCUT2D eigenvalue weighted by Gasteiger charge is -2.33. The lowest BCUT2D eigenvalue weighted by atomic mass is 9.79. The molecule has 2 aromatic carbocycles. The summed E-state index contributed by atoms with van der Waals surface area (Å²) in [5.41, 5.74) is 3.36. The van der Waals surface area contributed by atoms with Crippen molar-refractivity contribution in [3.63, 3.8) is 0 Å². The highest BCUT2D eigenvalue weighted by Gasteiger charge is 2.30. The lowest BCUT2D eigenvalue weighted by Crippen LogP contribution is -2.37. The van der Waals surface area contributed by atoms with Gasteiger partial charge in [0.2, 0.25) is 0 Å². The Morgan fingerprint density at radius 3 is 1.88 bits per heavy atom. The first-order valence-electron chi connectivity index (χ1n) is 12.9. The lowest BCUT2D eigenvalue weighted by molar-refractivity contribution is -0.108. The van der Waals surface area contributed by atoms with Crippen LogP contribution in [0.25, 0.3) is 0 Å². The standard InChI is InChI=1S/C30H45NO3/c1-29(2,3)26-19-25(20-27(30(4,5)6)28(26)33-22-32-7)34-31(21-23-15-11-10-12-16-23)24-17-13-8-9-14-18-24/h10-12,15-16,19-20,24H,8-9,13-14,17-18,21-22H2,1-7H3. The molecule has 34 heavy (non-hydrogen) atoms. The molecule has 0 atom stereocenters. The Hall–Kier alpha value is -2.04. The van der Waals surface area contributed by atoms with Crippen LogP contribution in [-0.2, 0) is 22.1 Å². The summed E-state index contributed by atoms with van der Waals surface area (Å²) < 4.78 is 11.4. The molecule has 0 N–H and O–H groups in total. The highest BCUT2D eigenvalue weighted by molar-refractivity contribution is 5.52. The van der Waals surface area contributed by atoms with Gasteiger partial charge in [0.25, 0.3) is 0 Å². The molecule has 0 unspecified atom stereocenters. The zero-order chi connectivity index (χ0) is 24.8. The number of ether oxygens (including phenoxy) is 2. The van der Waals surface area contributed by atoms with E-state index in [2.05, 4.69) is 89.1 Å². The minimum absolute atomic E-state index is 0.102. The second-order valence-electron chi connectivity index (χ2n) is 11.7. The molecule has 3 rings (SSSR count). The highest BCUT2D eigenvalue weighted by atomic mass is 16.7. The quantitative estimate of drug-likeness (QED) is 0.225. The van der Waals surface area contributed by atoms with Crippen molar-refractivity contribution in [2.24, 2.45) is 0 Å². The molecule has 0 amide bonds. The minimum atomic E-state index is -0.102. The molecular formula is C30H45NO3. The number of rotatable bonds is 8. The van der Waals surface area contributed by atoms with E-state index in [1.165, 1.54) is 44.1 Å². The summed E-state index contributed by atoms with van der Waals surface area (Å²) >= 11 is 0. The molecule has 0 radical (unpaired) electrons. The maximum Gasteiger partial charge on any atom is 0.188 e. The highest BCUT2D eigenvalue weighted by Crippen LogP contribution is 2.43. The second-order valence-corrected chi connectivity index (χ2v) is 11.7. The first-order valence-corrected chi connectivity index (χ1v) is 12.9. The number of hydrogen-bond donors (Lipinski definition) is 0. The second kappa shape index (κ2) is 11.6. The van der Waals surface area contributed by atoms with Crippen LogP contribution in [0, 0.1) is 0 Å². The van der Waals surface area contributed by atoms with Crippen molar-refractivity contribution < 1.29 is 14.3 Å². The predicted molar refractivity (Wildman–Crippen MR) is 140 cm³/mol. The molecule has 1 aliphatic rings. The number of methoxy groups -OCH3 is 1. The summed E-state index contributed by atoms with van der Waals surface area (Å²) in [6, 6.07) is 15.4.